The first kappa shape index (κ1) is 35.6. The van der Waals surface area contributed by atoms with Crippen molar-refractivity contribution < 1.29 is 49.4 Å². The fourth-order valence-electron chi connectivity index (χ4n) is 6.89. The van der Waals surface area contributed by atoms with Gasteiger partial charge in [-0.2, -0.15) is 0 Å². The molecule has 3 aromatic carbocycles. The van der Waals surface area contributed by atoms with Gasteiger partial charge in [0.2, 0.25) is 11.8 Å². The number of aliphatic hydroxyl groups excluding tert-OH is 1. The van der Waals surface area contributed by atoms with E-state index in [0.717, 1.165) is 0 Å². The Labute approximate surface area is 311 Å². The number of amides is 2. The van der Waals surface area contributed by atoms with E-state index < -0.39 is 58.1 Å². The number of phenols is 2. The van der Waals surface area contributed by atoms with Crippen molar-refractivity contribution in [3.05, 3.63) is 112 Å². The molecule has 272 valence electrons. The maximum absolute atomic E-state index is 13.8. The largest absolute Gasteiger partial charge is 0.508 e. The first-order valence-electron chi connectivity index (χ1n) is 16.2. The molecule has 3 heterocycles. The molecular weight excluding hydrogens is 725 g/mol. The smallest absolute Gasteiger partial charge is 0.336 e. The zero-order chi connectivity index (χ0) is 37.9. The first-order chi connectivity index (χ1) is 25.1. The average Bonchev–Trinajstić information content (AvgIpc) is 3.36. The number of aromatic carboxylic acids is 1. The van der Waals surface area contributed by atoms with Gasteiger partial charge in [0, 0.05) is 33.2 Å². The molecule has 14 nitrogen and oxygen atoms in total. The molecule has 1 aliphatic carbocycles. The van der Waals surface area contributed by atoms with E-state index in [1.165, 1.54) is 71.3 Å². The Hall–Kier alpha value is -5.84. The van der Waals surface area contributed by atoms with Crippen LogP contribution in [0.4, 0.5) is 5.69 Å². The van der Waals surface area contributed by atoms with Crippen LogP contribution in [0.25, 0.3) is 5.57 Å². The van der Waals surface area contributed by atoms with Gasteiger partial charge in [-0.3, -0.25) is 9.59 Å². The number of ether oxygens (including phenoxy) is 1. The molecule has 0 spiro atoms. The molecule has 3 aliphatic heterocycles. The highest BCUT2D eigenvalue weighted by atomic mass is 32.2. The number of carbonyl (C=O) groups is 4. The van der Waals surface area contributed by atoms with Crippen molar-refractivity contribution in [3.8, 4) is 17.2 Å². The monoisotopic (exact) mass is 756 g/mol. The van der Waals surface area contributed by atoms with Crippen molar-refractivity contribution >= 4 is 64.1 Å². The second-order valence-electron chi connectivity index (χ2n) is 13.2. The van der Waals surface area contributed by atoms with E-state index in [9.17, 15) is 44.7 Å². The summed E-state index contributed by atoms with van der Waals surface area (Å²) in [5.74, 6) is -3.11. The molecule has 5 atom stereocenters. The number of thiocarbonyl (C=S) groups is 1. The van der Waals surface area contributed by atoms with Crippen molar-refractivity contribution in [3.63, 3.8) is 0 Å². The van der Waals surface area contributed by atoms with E-state index in [-0.39, 0.29) is 33.6 Å². The summed E-state index contributed by atoms with van der Waals surface area (Å²) in [7, 11) is 0. The average molecular weight is 757 g/mol. The predicted molar refractivity (Wildman–Crippen MR) is 197 cm³/mol. The lowest BCUT2D eigenvalue weighted by Gasteiger charge is -2.44. The maximum Gasteiger partial charge on any atom is 0.336 e. The Balaban J connectivity index is 1.15. The molecule has 8 N–H and O–H groups in total. The summed E-state index contributed by atoms with van der Waals surface area (Å²) in [5.41, 5.74) is 2.39. The quantitative estimate of drug-likeness (QED) is 0.122. The molecule has 3 aromatic rings. The molecular formula is C37H32N4O10S2. The number of aliphatic carboxylic acids is 1. The summed E-state index contributed by atoms with van der Waals surface area (Å²) in [6.07, 6.45) is 3.72. The summed E-state index contributed by atoms with van der Waals surface area (Å²) < 4.78 is 5.16. The summed E-state index contributed by atoms with van der Waals surface area (Å²) >= 11 is 6.85. The summed E-state index contributed by atoms with van der Waals surface area (Å²) in [5, 5.41) is 58.2. The molecule has 2 fully saturated rings. The molecule has 4 aliphatic rings. The summed E-state index contributed by atoms with van der Waals surface area (Å²) in [6.45, 7) is 3.46. The zero-order valence-electron chi connectivity index (χ0n) is 27.9. The Morgan fingerprint density at radius 2 is 1.68 bits per heavy atom. The van der Waals surface area contributed by atoms with Crippen LogP contribution in [-0.2, 0) is 14.4 Å². The molecule has 5 unspecified atom stereocenters. The van der Waals surface area contributed by atoms with Crippen LogP contribution in [0, 0.1) is 0 Å². The number of carboxylic acid groups (broad SMARTS) is 2. The van der Waals surface area contributed by atoms with Gasteiger partial charge in [0.05, 0.1) is 11.7 Å². The lowest BCUT2D eigenvalue weighted by atomic mass is 9.85. The van der Waals surface area contributed by atoms with Crippen LogP contribution in [0.3, 0.4) is 0 Å². The van der Waals surface area contributed by atoms with Crippen molar-refractivity contribution in [2.45, 2.75) is 48.2 Å². The number of nitrogens with zero attached hydrogens (tertiary/aromatic N) is 1. The summed E-state index contributed by atoms with van der Waals surface area (Å²) in [6, 6.07) is 11.5. The van der Waals surface area contributed by atoms with Crippen LogP contribution in [0.5, 0.6) is 17.2 Å². The van der Waals surface area contributed by atoms with Crippen molar-refractivity contribution in [2.75, 3.05) is 5.32 Å². The van der Waals surface area contributed by atoms with Crippen LogP contribution in [0.1, 0.15) is 46.9 Å². The number of nitrogens with one attached hydrogen (secondary N) is 3. The highest BCUT2D eigenvalue weighted by molar-refractivity contribution is 8.01. The van der Waals surface area contributed by atoms with Gasteiger partial charge < -0.3 is 51.1 Å². The summed E-state index contributed by atoms with van der Waals surface area (Å²) in [4.78, 5) is 52.8. The first-order valence-corrected chi connectivity index (χ1v) is 17.5. The number of hydrogen-bond donors (Lipinski definition) is 8. The third-order valence-electron chi connectivity index (χ3n) is 9.29. The molecule has 7 rings (SSSR count). The van der Waals surface area contributed by atoms with E-state index in [1.807, 2.05) is 0 Å². The number of allylic oxidation sites excluding steroid dienone is 1. The third-order valence-corrected chi connectivity index (χ3v) is 11.1. The number of aromatic hydroxyl groups is 2. The number of carboxylic acids is 2. The van der Waals surface area contributed by atoms with Gasteiger partial charge in [-0.1, -0.05) is 30.4 Å². The number of anilines is 1. The highest BCUT2D eigenvalue weighted by Crippen LogP contribution is 2.51. The normalized spacial score (nSPS) is 22.6. The molecule has 2 amide bonds. The number of phenolic OH excluding ortho intramolecular Hbond substituents is 2. The Morgan fingerprint density at radius 3 is 2.38 bits per heavy atom. The van der Waals surface area contributed by atoms with E-state index >= 15 is 0 Å². The number of carbonyl (C=O) groups excluding carboxylic acids is 2. The van der Waals surface area contributed by atoms with Crippen LogP contribution in [0.2, 0.25) is 0 Å². The number of thioether (sulfide) groups is 1. The van der Waals surface area contributed by atoms with Gasteiger partial charge >= 0.3 is 11.9 Å². The van der Waals surface area contributed by atoms with Crippen molar-refractivity contribution in [1.29, 1.82) is 0 Å². The zero-order valence-corrected chi connectivity index (χ0v) is 29.6. The maximum atomic E-state index is 13.8. The predicted octanol–water partition coefficient (Wildman–Crippen LogP) is 3.46. The second kappa shape index (κ2) is 13.3. The van der Waals surface area contributed by atoms with Gasteiger partial charge in [0.1, 0.15) is 46.5 Å². The third kappa shape index (κ3) is 6.45. The lowest BCUT2D eigenvalue weighted by Crippen LogP contribution is -2.71. The fraction of sp³-hybridized carbons (Fsp3) is 0.216. The number of rotatable bonds is 8. The SMILES string of the molecule is CC1(C)SC2C(NC(=O)C(NC(=S)Nc3ccc(C4=C5C=CC(O)C=C5Oc5cc(O)ccc54)c(C(=O)O)c3)c3ccc(O)cc3)C(=O)N2C1C(=O)O. The van der Waals surface area contributed by atoms with E-state index in [2.05, 4.69) is 16.0 Å². The topological polar surface area (TPSA) is 218 Å². The minimum Gasteiger partial charge on any atom is -0.508 e. The van der Waals surface area contributed by atoms with Gasteiger partial charge in [-0.15, -0.1) is 11.8 Å². The van der Waals surface area contributed by atoms with Crippen LogP contribution >= 0.6 is 24.0 Å². The van der Waals surface area contributed by atoms with E-state index in [0.29, 0.717) is 33.6 Å². The van der Waals surface area contributed by atoms with Gasteiger partial charge in [0.15, 0.2) is 5.11 Å². The van der Waals surface area contributed by atoms with Gasteiger partial charge in [-0.25, -0.2) is 9.59 Å². The fourth-order valence-corrected chi connectivity index (χ4v) is 8.75. The number of hydrogen-bond acceptors (Lipinski definition) is 10. The van der Waals surface area contributed by atoms with Crippen LogP contribution in [-0.4, -0.2) is 87.6 Å². The Bertz CT molecular complexity index is 2200. The van der Waals surface area contributed by atoms with E-state index in [1.54, 1.807) is 38.1 Å². The molecule has 0 saturated carbocycles. The van der Waals surface area contributed by atoms with E-state index in [4.69, 9.17) is 17.0 Å². The Morgan fingerprint density at radius 1 is 0.981 bits per heavy atom. The molecule has 16 heteroatoms. The minimum absolute atomic E-state index is 0.0495. The molecule has 0 aromatic heterocycles. The van der Waals surface area contributed by atoms with Crippen molar-refractivity contribution in [2.24, 2.45) is 0 Å². The lowest BCUT2D eigenvalue weighted by molar-refractivity contribution is -0.161. The van der Waals surface area contributed by atoms with Crippen LogP contribution < -0.4 is 20.7 Å². The number of fused-ring (bicyclic) bond motifs is 3. The van der Waals surface area contributed by atoms with Gasteiger partial charge in [0.25, 0.3) is 0 Å². The Kier molecular flexibility index (Phi) is 8.92. The molecule has 0 radical (unpaired) electrons. The number of β-lactam (4-membered cyclic amide) rings is 1. The van der Waals surface area contributed by atoms with Gasteiger partial charge in [-0.05, 0) is 79.7 Å². The second-order valence-corrected chi connectivity index (χ2v) is 15.4. The highest BCUT2D eigenvalue weighted by Gasteiger charge is 2.64. The number of aliphatic hydroxyl groups is 1. The molecule has 0 bridgehead atoms. The van der Waals surface area contributed by atoms with Crippen molar-refractivity contribution in [1.82, 2.24) is 15.5 Å². The molecule has 2 saturated heterocycles. The minimum atomic E-state index is -1.26. The van der Waals surface area contributed by atoms with Crippen LogP contribution in [0.15, 0.2) is 90.2 Å². The number of benzene rings is 3. The standard InChI is InChI=1S/C37H32N4O10S2/c1-37(2)30(35(49)50)41-32(46)29(33(41)53-37)39-31(45)28(16-3-6-18(42)7-4-16)40-36(52)38-17-5-10-21(24(13-17)34(47)48)27-22-11-8-19(43)14-25(22)51-26-15-20(44)9-12-23(26)27/h3-15,19,28-30,33,42-44H,1-2H3,(H,39,45)(H,47,48)(H,49,50)(H2,38,40,52). The molecule has 53 heavy (non-hydrogen) atoms.